The molecule has 128 valence electrons. The van der Waals surface area contributed by atoms with Gasteiger partial charge < -0.3 is 9.80 Å². The molecule has 0 atom stereocenters. The fourth-order valence-electron chi connectivity index (χ4n) is 2.93. The summed E-state index contributed by atoms with van der Waals surface area (Å²) >= 11 is 5.03. The van der Waals surface area contributed by atoms with E-state index in [1.54, 1.807) is 17.5 Å². The van der Waals surface area contributed by atoms with Gasteiger partial charge in [0.05, 0.1) is 6.42 Å². The molecular formula is C18H17BrN4OS. The van der Waals surface area contributed by atoms with Crippen molar-refractivity contribution in [3.63, 3.8) is 0 Å². The van der Waals surface area contributed by atoms with Crippen LogP contribution in [0.5, 0.6) is 0 Å². The lowest BCUT2D eigenvalue weighted by atomic mass is 10.1. The van der Waals surface area contributed by atoms with Gasteiger partial charge in [-0.1, -0.05) is 39.4 Å². The molecule has 7 heteroatoms. The Balaban J connectivity index is 1.37. The van der Waals surface area contributed by atoms with Crippen LogP contribution in [0.3, 0.4) is 0 Å². The summed E-state index contributed by atoms with van der Waals surface area (Å²) in [7, 11) is 0. The van der Waals surface area contributed by atoms with E-state index in [0.717, 1.165) is 51.7 Å². The molecule has 3 heterocycles. The zero-order chi connectivity index (χ0) is 17.2. The van der Waals surface area contributed by atoms with Gasteiger partial charge in [-0.15, -0.1) is 0 Å². The van der Waals surface area contributed by atoms with Crippen LogP contribution in [0.25, 0.3) is 10.3 Å². The maximum atomic E-state index is 12.5. The van der Waals surface area contributed by atoms with Crippen LogP contribution in [0.15, 0.2) is 47.1 Å². The number of rotatable bonds is 3. The third-order valence-corrected chi connectivity index (χ3v) is 5.90. The number of anilines is 1. The summed E-state index contributed by atoms with van der Waals surface area (Å²) in [5, 5.41) is 0.994. The molecule has 25 heavy (non-hydrogen) atoms. The molecule has 0 unspecified atom stereocenters. The molecule has 1 aromatic carbocycles. The predicted molar refractivity (Wildman–Crippen MR) is 104 cm³/mol. The summed E-state index contributed by atoms with van der Waals surface area (Å²) in [6.07, 6.45) is 2.25. The van der Waals surface area contributed by atoms with Gasteiger partial charge >= 0.3 is 0 Å². The minimum atomic E-state index is 0.188. The van der Waals surface area contributed by atoms with Crippen molar-refractivity contribution in [1.82, 2.24) is 14.9 Å². The summed E-state index contributed by atoms with van der Waals surface area (Å²) in [4.78, 5) is 26.7. The van der Waals surface area contributed by atoms with E-state index in [2.05, 4.69) is 30.8 Å². The van der Waals surface area contributed by atoms with Gasteiger partial charge in [0.1, 0.15) is 10.3 Å². The fraction of sp³-hybridized carbons (Fsp3) is 0.278. The van der Waals surface area contributed by atoms with Gasteiger partial charge in [0, 0.05) is 36.8 Å². The van der Waals surface area contributed by atoms with Gasteiger partial charge in [-0.25, -0.2) is 9.97 Å². The number of hydrogen-bond donors (Lipinski definition) is 0. The lowest BCUT2D eigenvalue weighted by Gasteiger charge is -2.34. The molecule has 2 aromatic heterocycles. The lowest BCUT2D eigenvalue weighted by Crippen LogP contribution is -2.49. The Morgan fingerprint density at radius 3 is 2.60 bits per heavy atom. The van der Waals surface area contributed by atoms with Gasteiger partial charge in [0.15, 0.2) is 5.13 Å². The van der Waals surface area contributed by atoms with Crippen LogP contribution in [0, 0.1) is 0 Å². The first-order valence-corrected chi connectivity index (χ1v) is 9.79. The summed E-state index contributed by atoms with van der Waals surface area (Å²) in [6.45, 7) is 3.09. The van der Waals surface area contributed by atoms with E-state index >= 15 is 0 Å². The van der Waals surface area contributed by atoms with Crippen LogP contribution >= 0.6 is 27.3 Å². The minimum absolute atomic E-state index is 0.188. The van der Waals surface area contributed by atoms with Crippen molar-refractivity contribution in [3.05, 3.63) is 52.6 Å². The first kappa shape index (κ1) is 16.5. The monoisotopic (exact) mass is 416 g/mol. The first-order chi connectivity index (χ1) is 12.2. The topological polar surface area (TPSA) is 49.3 Å². The number of halogens is 1. The van der Waals surface area contributed by atoms with Crippen molar-refractivity contribution < 1.29 is 4.79 Å². The highest BCUT2D eigenvalue weighted by molar-refractivity contribution is 9.10. The summed E-state index contributed by atoms with van der Waals surface area (Å²) in [6, 6.07) is 11.8. The van der Waals surface area contributed by atoms with Crippen LogP contribution in [0.4, 0.5) is 5.13 Å². The van der Waals surface area contributed by atoms with Crippen molar-refractivity contribution in [3.8, 4) is 0 Å². The second-order valence-electron chi connectivity index (χ2n) is 6.00. The summed E-state index contributed by atoms with van der Waals surface area (Å²) in [5.74, 6) is 0.188. The van der Waals surface area contributed by atoms with Crippen LogP contribution in [0.1, 0.15) is 5.56 Å². The zero-order valence-electron chi connectivity index (χ0n) is 13.6. The maximum Gasteiger partial charge on any atom is 0.227 e. The number of carbonyl (C=O) groups is 1. The Morgan fingerprint density at radius 2 is 1.88 bits per heavy atom. The Kier molecular flexibility index (Phi) is 4.67. The number of benzene rings is 1. The molecule has 0 spiro atoms. The van der Waals surface area contributed by atoms with Gasteiger partial charge in [0.2, 0.25) is 5.91 Å². The highest BCUT2D eigenvalue weighted by Gasteiger charge is 2.23. The highest BCUT2D eigenvalue weighted by Crippen LogP contribution is 2.27. The molecule has 0 N–H and O–H groups in total. The number of thiazole rings is 1. The number of nitrogens with zero attached hydrogens (tertiary/aromatic N) is 4. The molecule has 5 nitrogen and oxygen atoms in total. The predicted octanol–water partition coefficient (Wildman–Crippen LogP) is 3.35. The normalized spacial score (nSPS) is 14.9. The second kappa shape index (κ2) is 7.09. The average Bonchev–Trinajstić information content (AvgIpc) is 3.08. The minimum Gasteiger partial charge on any atom is -0.344 e. The van der Waals surface area contributed by atoms with Crippen molar-refractivity contribution in [2.45, 2.75) is 6.42 Å². The van der Waals surface area contributed by atoms with E-state index in [9.17, 15) is 4.79 Å². The van der Waals surface area contributed by atoms with Crippen molar-refractivity contribution >= 4 is 48.7 Å². The molecule has 3 aromatic rings. The third kappa shape index (κ3) is 3.67. The molecule has 0 bridgehead atoms. The lowest BCUT2D eigenvalue weighted by molar-refractivity contribution is -0.130. The standard InChI is InChI=1S/C18H17BrN4OS/c19-14-5-3-13(4-6-14)12-16(24)22-8-10-23(11-9-22)18-21-15-2-1-7-20-17(15)25-18/h1-7H,8-12H2. The van der Waals surface area contributed by atoms with Crippen LogP contribution in [-0.2, 0) is 11.2 Å². The second-order valence-corrected chi connectivity index (χ2v) is 7.87. The van der Waals surface area contributed by atoms with Crippen LogP contribution in [0.2, 0.25) is 0 Å². The quantitative estimate of drug-likeness (QED) is 0.656. The van der Waals surface area contributed by atoms with E-state index in [1.165, 1.54) is 0 Å². The third-order valence-electron chi connectivity index (χ3n) is 4.33. The largest absolute Gasteiger partial charge is 0.344 e. The maximum absolute atomic E-state index is 12.5. The van der Waals surface area contributed by atoms with E-state index in [-0.39, 0.29) is 5.91 Å². The van der Waals surface area contributed by atoms with Crippen molar-refractivity contribution in [2.75, 3.05) is 31.1 Å². The molecule has 4 rings (SSSR count). The van der Waals surface area contributed by atoms with E-state index in [4.69, 9.17) is 0 Å². The van der Waals surface area contributed by atoms with Crippen LogP contribution in [-0.4, -0.2) is 47.0 Å². The average molecular weight is 417 g/mol. The number of fused-ring (bicyclic) bond motifs is 1. The molecule has 1 amide bonds. The number of piperazine rings is 1. The van der Waals surface area contributed by atoms with E-state index in [1.807, 2.05) is 41.3 Å². The number of hydrogen-bond acceptors (Lipinski definition) is 5. The Labute approximate surface area is 158 Å². The number of aromatic nitrogens is 2. The highest BCUT2D eigenvalue weighted by atomic mass is 79.9. The Bertz CT molecular complexity index is 854. The molecule has 1 saturated heterocycles. The molecular weight excluding hydrogens is 400 g/mol. The molecule has 1 fully saturated rings. The number of pyridine rings is 1. The van der Waals surface area contributed by atoms with Gasteiger partial charge in [-0.05, 0) is 29.8 Å². The first-order valence-electron chi connectivity index (χ1n) is 8.18. The molecule has 0 radical (unpaired) electrons. The van der Waals surface area contributed by atoms with Gasteiger partial charge in [-0.2, -0.15) is 0 Å². The van der Waals surface area contributed by atoms with Crippen molar-refractivity contribution in [1.29, 1.82) is 0 Å². The van der Waals surface area contributed by atoms with E-state index in [0.29, 0.717) is 6.42 Å². The molecule has 0 aliphatic carbocycles. The Morgan fingerprint density at radius 1 is 1.12 bits per heavy atom. The van der Waals surface area contributed by atoms with Crippen LogP contribution < -0.4 is 4.90 Å². The smallest absolute Gasteiger partial charge is 0.227 e. The summed E-state index contributed by atoms with van der Waals surface area (Å²) < 4.78 is 1.03. The SMILES string of the molecule is O=C(Cc1ccc(Br)cc1)N1CCN(c2nc3cccnc3s2)CC1. The number of amides is 1. The molecule has 0 saturated carbocycles. The zero-order valence-corrected chi connectivity index (χ0v) is 16.0. The molecule has 1 aliphatic heterocycles. The van der Waals surface area contributed by atoms with Crippen molar-refractivity contribution in [2.24, 2.45) is 0 Å². The molecule has 1 aliphatic rings. The summed E-state index contributed by atoms with van der Waals surface area (Å²) in [5.41, 5.74) is 1.99. The van der Waals surface area contributed by atoms with Gasteiger partial charge in [-0.3, -0.25) is 4.79 Å². The van der Waals surface area contributed by atoms with E-state index < -0.39 is 0 Å². The van der Waals surface area contributed by atoms with Gasteiger partial charge in [0.25, 0.3) is 0 Å². The number of carbonyl (C=O) groups excluding carboxylic acids is 1. The Hall–Kier alpha value is -1.99. The fourth-order valence-corrected chi connectivity index (χ4v) is 4.15.